The van der Waals surface area contributed by atoms with E-state index in [1.165, 1.54) is 22.3 Å². The van der Waals surface area contributed by atoms with Crippen LogP contribution in [0.15, 0.2) is 72.8 Å². The molecule has 0 atom stereocenters. The SMILES string of the molecule is COc1ccc(C(=O)N2CC[NH+](C3c4ccccc4-c4ccccc43)CC2)cc1. The van der Waals surface area contributed by atoms with Crippen LogP contribution in [0.1, 0.15) is 27.5 Å². The van der Waals surface area contributed by atoms with Gasteiger partial charge in [-0.05, 0) is 35.4 Å². The fraction of sp³-hybridized carbons (Fsp3) is 0.240. The van der Waals surface area contributed by atoms with Crippen LogP contribution < -0.4 is 9.64 Å². The highest BCUT2D eigenvalue weighted by molar-refractivity contribution is 5.94. The molecule has 146 valence electrons. The van der Waals surface area contributed by atoms with Crippen LogP contribution in [0.5, 0.6) is 5.75 Å². The van der Waals surface area contributed by atoms with Gasteiger partial charge in [0, 0.05) is 16.7 Å². The van der Waals surface area contributed by atoms with Crippen LogP contribution in [0.3, 0.4) is 0 Å². The summed E-state index contributed by atoms with van der Waals surface area (Å²) in [6, 6.07) is 25.3. The molecule has 4 heteroatoms. The number of hydrogen-bond donors (Lipinski definition) is 1. The Hall–Kier alpha value is -3.11. The van der Waals surface area contributed by atoms with Gasteiger partial charge in [-0.2, -0.15) is 0 Å². The van der Waals surface area contributed by atoms with E-state index >= 15 is 0 Å². The van der Waals surface area contributed by atoms with Crippen molar-refractivity contribution in [1.29, 1.82) is 0 Å². The minimum Gasteiger partial charge on any atom is -0.497 e. The molecule has 29 heavy (non-hydrogen) atoms. The number of ether oxygens (including phenoxy) is 1. The molecule has 1 aliphatic carbocycles. The molecule has 5 rings (SSSR count). The van der Waals surface area contributed by atoms with Crippen molar-refractivity contribution in [2.45, 2.75) is 6.04 Å². The van der Waals surface area contributed by atoms with Crippen molar-refractivity contribution in [3.63, 3.8) is 0 Å². The zero-order chi connectivity index (χ0) is 19.8. The number of fused-ring (bicyclic) bond motifs is 3. The van der Waals surface area contributed by atoms with E-state index in [0.29, 0.717) is 6.04 Å². The van der Waals surface area contributed by atoms with Gasteiger partial charge in [0.15, 0.2) is 0 Å². The predicted molar refractivity (Wildman–Crippen MR) is 113 cm³/mol. The van der Waals surface area contributed by atoms with Gasteiger partial charge in [-0.15, -0.1) is 0 Å². The van der Waals surface area contributed by atoms with Crippen molar-refractivity contribution in [1.82, 2.24) is 4.90 Å². The van der Waals surface area contributed by atoms with Crippen molar-refractivity contribution in [2.24, 2.45) is 0 Å². The number of carbonyl (C=O) groups is 1. The minimum absolute atomic E-state index is 0.110. The molecular weight excluding hydrogens is 360 g/mol. The molecule has 0 aromatic heterocycles. The van der Waals surface area contributed by atoms with Gasteiger partial charge in [-0.3, -0.25) is 4.79 Å². The van der Waals surface area contributed by atoms with E-state index in [1.54, 1.807) is 12.0 Å². The maximum absolute atomic E-state index is 12.9. The topological polar surface area (TPSA) is 34.0 Å². The summed E-state index contributed by atoms with van der Waals surface area (Å²) < 4.78 is 5.19. The van der Waals surface area contributed by atoms with Crippen molar-refractivity contribution in [3.8, 4) is 16.9 Å². The summed E-state index contributed by atoms with van der Waals surface area (Å²) in [5.74, 6) is 0.883. The number of methoxy groups -OCH3 is 1. The van der Waals surface area contributed by atoms with Crippen LogP contribution in [0.25, 0.3) is 11.1 Å². The zero-order valence-corrected chi connectivity index (χ0v) is 16.6. The largest absolute Gasteiger partial charge is 0.497 e. The van der Waals surface area contributed by atoms with E-state index in [9.17, 15) is 4.79 Å². The summed E-state index contributed by atoms with van der Waals surface area (Å²) >= 11 is 0. The van der Waals surface area contributed by atoms with E-state index in [-0.39, 0.29) is 5.91 Å². The number of quaternary nitrogens is 1. The molecule has 4 nitrogen and oxygen atoms in total. The first kappa shape index (κ1) is 18.0. The Kier molecular flexibility index (Phi) is 4.57. The maximum atomic E-state index is 12.9. The molecule has 1 aliphatic heterocycles. The third kappa shape index (κ3) is 3.10. The first-order valence-electron chi connectivity index (χ1n) is 10.2. The molecule has 0 radical (unpaired) electrons. The number of hydrogen-bond acceptors (Lipinski definition) is 2. The van der Waals surface area contributed by atoms with Gasteiger partial charge in [-0.1, -0.05) is 48.5 Å². The number of benzene rings is 3. The van der Waals surface area contributed by atoms with Gasteiger partial charge in [0.05, 0.1) is 33.3 Å². The monoisotopic (exact) mass is 385 g/mol. The molecule has 3 aromatic carbocycles. The van der Waals surface area contributed by atoms with Crippen LogP contribution in [0, 0.1) is 0 Å². The highest BCUT2D eigenvalue weighted by Crippen LogP contribution is 2.41. The number of nitrogens with zero attached hydrogens (tertiary/aromatic N) is 1. The fourth-order valence-electron chi connectivity index (χ4n) is 4.80. The van der Waals surface area contributed by atoms with Gasteiger partial charge in [0.2, 0.25) is 0 Å². The Morgan fingerprint density at radius 3 is 1.97 bits per heavy atom. The second-order valence-electron chi connectivity index (χ2n) is 7.79. The van der Waals surface area contributed by atoms with Crippen LogP contribution in [0.2, 0.25) is 0 Å². The van der Waals surface area contributed by atoms with Crippen molar-refractivity contribution >= 4 is 5.91 Å². The Balaban J connectivity index is 1.34. The molecule has 0 bridgehead atoms. The molecule has 1 N–H and O–H groups in total. The van der Waals surface area contributed by atoms with Gasteiger partial charge in [-0.25, -0.2) is 0 Å². The van der Waals surface area contributed by atoms with Gasteiger partial charge < -0.3 is 14.5 Å². The smallest absolute Gasteiger partial charge is 0.254 e. The molecule has 0 saturated carbocycles. The van der Waals surface area contributed by atoms with E-state index in [1.807, 2.05) is 29.2 Å². The number of amides is 1. The summed E-state index contributed by atoms with van der Waals surface area (Å²) in [5.41, 5.74) is 6.28. The van der Waals surface area contributed by atoms with Crippen molar-refractivity contribution in [2.75, 3.05) is 33.3 Å². The minimum atomic E-state index is 0.110. The van der Waals surface area contributed by atoms with Crippen LogP contribution in [0.4, 0.5) is 0 Å². The second-order valence-corrected chi connectivity index (χ2v) is 7.79. The highest BCUT2D eigenvalue weighted by atomic mass is 16.5. The number of nitrogens with one attached hydrogen (secondary N) is 1. The van der Waals surface area contributed by atoms with Gasteiger partial charge >= 0.3 is 0 Å². The molecule has 1 saturated heterocycles. The van der Waals surface area contributed by atoms with Gasteiger partial charge in [0.1, 0.15) is 11.8 Å². The molecule has 0 unspecified atom stereocenters. The van der Waals surface area contributed by atoms with E-state index in [0.717, 1.165) is 37.5 Å². The first-order valence-corrected chi connectivity index (χ1v) is 10.2. The van der Waals surface area contributed by atoms with E-state index in [2.05, 4.69) is 48.5 Å². The average molecular weight is 385 g/mol. The first-order chi connectivity index (χ1) is 14.3. The third-order valence-corrected chi connectivity index (χ3v) is 6.27. The lowest BCUT2D eigenvalue weighted by Crippen LogP contribution is -3.15. The van der Waals surface area contributed by atoms with E-state index < -0.39 is 0 Å². The normalized spacial score (nSPS) is 16.4. The lowest BCUT2D eigenvalue weighted by atomic mass is 10.0. The van der Waals surface area contributed by atoms with Crippen LogP contribution >= 0.6 is 0 Å². The quantitative estimate of drug-likeness (QED) is 0.752. The Labute approximate surface area is 171 Å². The zero-order valence-electron chi connectivity index (χ0n) is 16.6. The second kappa shape index (κ2) is 7.37. The molecular formula is C25H25N2O2+. The predicted octanol–water partition coefficient (Wildman–Crippen LogP) is 2.81. The summed E-state index contributed by atoms with van der Waals surface area (Å²) in [6.07, 6.45) is 0. The summed E-state index contributed by atoms with van der Waals surface area (Å²) in [4.78, 5) is 16.4. The molecule has 1 fully saturated rings. The summed E-state index contributed by atoms with van der Waals surface area (Å²) in [5, 5.41) is 0. The third-order valence-electron chi connectivity index (χ3n) is 6.27. The maximum Gasteiger partial charge on any atom is 0.254 e. The number of piperazine rings is 1. The number of carbonyl (C=O) groups excluding carboxylic acids is 1. The van der Waals surface area contributed by atoms with Crippen LogP contribution in [-0.2, 0) is 0 Å². The Bertz CT molecular complexity index is 991. The fourth-order valence-corrected chi connectivity index (χ4v) is 4.80. The Morgan fingerprint density at radius 2 is 1.41 bits per heavy atom. The number of rotatable bonds is 3. The molecule has 2 aliphatic rings. The molecule has 3 aromatic rings. The summed E-state index contributed by atoms with van der Waals surface area (Å²) in [6.45, 7) is 3.46. The average Bonchev–Trinajstić information content (AvgIpc) is 3.13. The van der Waals surface area contributed by atoms with Crippen LogP contribution in [-0.4, -0.2) is 44.1 Å². The lowest BCUT2D eigenvalue weighted by Gasteiger charge is -2.36. The van der Waals surface area contributed by atoms with Crippen molar-refractivity contribution in [3.05, 3.63) is 89.5 Å². The lowest BCUT2D eigenvalue weighted by molar-refractivity contribution is -0.928. The summed E-state index contributed by atoms with van der Waals surface area (Å²) in [7, 11) is 1.64. The Morgan fingerprint density at radius 1 is 0.862 bits per heavy atom. The van der Waals surface area contributed by atoms with Crippen molar-refractivity contribution < 1.29 is 14.4 Å². The standard InChI is InChI=1S/C25H24N2O2/c1-29-19-12-10-18(11-13-19)25(28)27-16-14-26(15-17-27)24-22-8-4-2-6-20(22)21-7-3-5-9-23(21)24/h2-13,24H,14-17H2,1H3/p+1. The van der Waals surface area contributed by atoms with Gasteiger partial charge in [0.25, 0.3) is 5.91 Å². The molecule has 0 spiro atoms. The highest BCUT2D eigenvalue weighted by Gasteiger charge is 2.38. The van der Waals surface area contributed by atoms with E-state index in [4.69, 9.17) is 4.74 Å². The molecule has 1 heterocycles. The molecule has 1 amide bonds.